The molecule has 1 saturated heterocycles. The van der Waals surface area contributed by atoms with Gasteiger partial charge in [-0.1, -0.05) is 42.8 Å². The van der Waals surface area contributed by atoms with E-state index in [2.05, 4.69) is 46.1 Å². The molecule has 1 heterocycles. The lowest BCUT2D eigenvalue weighted by Crippen LogP contribution is -2.32. The molecule has 0 atom stereocenters. The average Bonchev–Trinajstić information content (AvgIpc) is 2.53. The van der Waals surface area contributed by atoms with E-state index in [1.165, 1.54) is 43.5 Å². The number of hydrogen-bond acceptors (Lipinski definition) is 2. The van der Waals surface area contributed by atoms with Crippen molar-refractivity contribution < 1.29 is 0 Å². The first-order valence-electron chi connectivity index (χ1n) is 8.12. The lowest BCUT2D eigenvalue weighted by molar-refractivity contribution is 0.221. The quantitative estimate of drug-likeness (QED) is 0.482. The van der Waals surface area contributed by atoms with Crippen molar-refractivity contribution in [2.45, 2.75) is 39.3 Å². The van der Waals surface area contributed by atoms with Gasteiger partial charge >= 0.3 is 0 Å². The molecule has 0 unspecified atom stereocenters. The summed E-state index contributed by atoms with van der Waals surface area (Å²) >= 11 is 0. The highest BCUT2D eigenvalue weighted by Gasteiger charge is 2.09. The highest BCUT2D eigenvalue weighted by Crippen LogP contribution is 2.13. The second-order valence-electron chi connectivity index (χ2n) is 6.17. The van der Waals surface area contributed by atoms with Gasteiger partial charge in [-0.05, 0) is 44.0 Å². The Morgan fingerprint density at radius 1 is 1.18 bits per heavy atom. The Morgan fingerprint density at radius 3 is 2.45 bits per heavy atom. The summed E-state index contributed by atoms with van der Waals surface area (Å²) in [7, 11) is 0. The molecule has 4 nitrogen and oxygen atoms in total. The minimum absolute atomic E-state index is 0.473. The largest absolute Gasteiger partial charge is 0.370 e. The third-order valence-electron chi connectivity index (χ3n) is 3.88. The molecule has 0 amide bonds. The monoisotopic (exact) mass is 300 g/mol. The SMILES string of the molecule is C=C(C)CNC(N)=NCc1ccc(CN2CCCCC2)cc1. The predicted molar refractivity (Wildman–Crippen MR) is 93.7 cm³/mol. The number of piperidine rings is 1. The molecular weight excluding hydrogens is 272 g/mol. The van der Waals surface area contributed by atoms with Crippen molar-refractivity contribution in [2.24, 2.45) is 10.7 Å². The molecule has 4 heteroatoms. The first-order chi connectivity index (χ1) is 10.6. The van der Waals surface area contributed by atoms with E-state index < -0.39 is 0 Å². The van der Waals surface area contributed by atoms with Gasteiger partial charge in [-0.15, -0.1) is 0 Å². The Balaban J connectivity index is 1.80. The summed E-state index contributed by atoms with van der Waals surface area (Å²) in [6, 6.07) is 8.71. The fraction of sp³-hybridized carbons (Fsp3) is 0.500. The van der Waals surface area contributed by atoms with Crippen LogP contribution in [0.4, 0.5) is 0 Å². The normalized spacial score (nSPS) is 16.5. The van der Waals surface area contributed by atoms with E-state index in [1.807, 2.05) is 6.92 Å². The molecule has 0 bridgehead atoms. The molecule has 120 valence electrons. The number of benzene rings is 1. The molecule has 1 fully saturated rings. The summed E-state index contributed by atoms with van der Waals surface area (Å²) in [6.07, 6.45) is 4.06. The topological polar surface area (TPSA) is 53.6 Å². The van der Waals surface area contributed by atoms with Gasteiger partial charge in [0.25, 0.3) is 0 Å². The zero-order valence-corrected chi connectivity index (χ0v) is 13.6. The minimum Gasteiger partial charge on any atom is -0.370 e. The average molecular weight is 300 g/mol. The maximum Gasteiger partial charge on any atom is 0.189 e. The number of aliphatic imine (C=N–C) groups is 1. The van der Waals surface area contributed by atoms with Crippen molar-refractivity contribution in [1.82, 2.24) is 10.2 Å². The Hall–Kier alpha value is -1.81. The van der Waals surface area contributed by atoms with Gasteiger partial charge in [-0.3, -0.25) is 4.90 Å². The van der Waals surface area contributed by atoms with Gasteiger partial charge in [-0.25, -0.2) is 4.99 Å². The summed E-state index contributed by atoms with van der Waals surface area (Å²) in [5, 5.41) is 3.04. The molecule has 2 rings (SSSR count). The van der Waals surface area contributed by atoms with Crippen molar-refractivity contribution in [3.63, 3.8) is 0 Å². The van der Waals surface area contributed by atoms with Gasteiger partial charge in [0.2, 0.25) is 0 Å². The molecule has 1 aromatic rings. The van der Waals surface area contributed by atoms with Crippen molar-refractivity contribution in [1.29, 1.82) is 0 Å². The molecule has 0 spiro atoms. The van der Waals surface area contributed by atoms with Crippen LogP contribution < -0.4 is 11.1 Å². The Kier molecular flexibility index (Phi) is 6.46. The van der Waals surface area contributed by atoms with E-state index in [4.69, 9.17) is 5.73 Å². The van der Waals surface area contributed by atoms with E-state index in [1.54, 1.807) is 0 Å². The van der Waals surface area contributed by atoms with E-state index in [-0.39, 0.29) is 0 Å². The summed E-state index contributed by atoms with van der Waals surface area (Å²) in [5.74, 6) is 0.473. The zero-order chi connectivity index (χ0) is 15.8. The molecule has 1 aromatic carbocycles. The molecule has 1 aliphatic heterocycles. The second kappa shape index (κ2) is 8.59. The van der Waals surface area contributed by atoms with Crippen LogP contribution in [0, 0.1) is 0 Å². The van der Waals surface area contributed by atoms with Gasteiger partial charge in [0.15, 0.2) is 5.96 Å². The van der Waals surface area contributed by atoms with Crippen molar-refractivity contribution in [3.8, 4) is 0 Å². The molecule has 0 aliphatic carbocycles. The van der Waals surface area contributed by atoms with Crippen LogP contribution in [0.2, 0.25) is 0 Å². The second-order valence-corrected chi connectivity index (χ2v) is 6.17. The number of nitrogens with zero attached hydrogens (tertiary/aromatic N) is 2. The number of guanidine groups is 1. The first kappa shape index (κ1) is 16.6. The number of nitrogens with two attached hydrogens (primary N) is 1. The number of likely N-dealkylation sites (tertiary alicyclic amines) is 1. The highest BCUT2D eigenvalue weighted by molar-refractivity contribution is 5.78. The molecule has 1 aliphatic rings. The Bertz CT molecular complexity index is 498. The van der Waals surface area contributed by atoms with Crippen LogP contribution >= 0.6 is 0 Å². The number of nitrogens with one attached hydrogen (secondary N) is 1. The van der Waals surface area contributed by atoms with Gasteiger partial charge < -0.3 is 11.1 Å². The van der Waals surface area contributed by atoms with Crippen LogP contribution in [0.5, 0.6) is 0 Å². The van der Waals surface area contributed by atoms with Gasteiger partial charge in [0, 0.05) is 13.1 Å². The van der Waals surface area contributed by atoms with Crippen molar-refractivity contribution in [2.75, 3.05) is 19.6 Å². The highest BCUT2D eigenvalue weighted by atomic mass is 15.1. The summed E-state index contributed by atoms with van der Waals surface area (Å²) in [4.78, 5) is 6.88. The van der Waals surface area contributed by atoms with Crippen LogP contribution in [0.25, 0.3) is 0 Å². The number of rotatable bonds is 6. The summed E-state index contributed by atoms with van der Waals surface area (Å²) in [6.45, 7) is 10.6. The van der Waals surface area contributed by atoms with E-state index in [0.29, 0.717) is 19.0 Å². The van der Waals surface area contributed by atoms with Crippen molar-refractivity contribution >= 4 is 5.96 Å². The maximum atomic E-state index is 5.81. The predicted octanol–water partition coefficient (Wildman–Crippen LogP) is 2.65. The Morgan fingerprint density at radius 2 is 1.82 bits per heavy atom. The smallest absolute Gasteiger partial charge is 0.189 e. The summed E-state index contributed by atoms with van der Waals surface area (Å²) in [5.41, 5.74) is 9.42. The summed E-state index contributed by atoms with van der Waals surface area (Å²) < 4.78 is 0. The van der Waals surface area contributed by atoms with Crippen LogP contribution in [-0.4, -0.2) is 30.5 Å². The van der Waals surface area contributed by atoms with Crippen LogP contribution in [0.15, 0.2) is 41.4 Å². The fourth-order valence-electron chi connectivity index (χ4n) is 2.60. The van der Waals surface area contributed by atoms with Crippen LogP contribution in [0.1, 0.15) is 37.3 Å². The van der Waals surface area contributed by atoms with E-state index >= 15 is 0 Å². The lowest BCUT2D eigenvalue weighted by Gasteiger charge is -2.26. The minimum atomic E-state index is 0.473. The first-order valence-corrected chi connectivity index (χ1v) is 8.12. The zero-order valence-electron chi connectivity index (χ0n) is 13.6. The molecule has 22 heavy (non-hydrogen) atoms. The van der Waals surface area contributed by atoms with Gasteiger partial charge in [0.05, 0.1) is 6.54 Å². The van der Waals surface area contributed by atoms with Crippen LogP contribution in [0.3, 0.4) is 0 Å². The van der Waals surface area contributed by atoms with Gasteiger partial charge in [0.1, 0.15) is 0 Å². The van der Waals surface area contributed by atoms with Gasteiger partial charge in [-0.2, -0.15) is 0 Å². The van der Waals surface area contributed by atoms with E-state index in [9.17, 15) is 0 Å². The standard InChI is InChI=1S/C18H28N4/c1-15(2)12-20-18(19)21-13-16-6-8-17(9-7-16)14-22-10-4-3-5-11-22/h6-9H,1,3-5,10-14H2,2H3,(H3,19,20,21). The maximum absolute atomic E-state index is 5.81. The fourth-order valence-corrected chi connectivity index (χ4v) is 2.60. The Labute approximate surface area is 134 Å². The molecule has 0 saturated carbocycles. The molecule has 0 aromatic heterocycles. The van der Waals surface area contributed by atoms with Crippen LogP contribution in [-0.2, 0) is 13.1 Å². The third-order valence-corrected chi connectivity index (χ3v) is 3.88. The molecular formula is C18H28N4. The van der Waals surface area contributed by atoms with E-state index in [0.717, 1.165) is 12.1 Å². The van der Waals surface area contributed by atoms with Crippen molar-refractivity contribution in [3.05, 3.63) is 47.5 Å². The molecule has 3 N–H and O–H groups in total. The third kappa shape index (κ3) is 5.90. The number of hydrogen-bond donors (Lipinski definition) is 2. The molecule has 0 radical (unpaired) electrons. The lowest BCUT2D eigenvalue weighted by atomic mass is 10.1.